The summed E-state index contributed by atoms with van der Waals surface area (Å²) in [4.78, 5) is 4.09. The number of hydrogen-bond acceptors (Lipinski definition) is 1. The summed E-state index contributed by atoms with van der Waals surface area (Å²) < 4.78 is 0. The zero-order valence-corrected chi connectivity index (χ0v) is 9.55. The Kier molecular flexibility index (Phi) is 2.74. The van der Waals surface area contributed by atoms with E-state index < -0.39 is 0 Å². The monoisotopic (exact) mass is 217 g/mol. The van der Waals surface area contributed by atoms with Crippen molar-refractivity contribution in [3.05, 3.63) is 52.8 Å². The lowest BCUT2D eigenvalue weighted by Gasteiger charge is -2.09. The van der Waals surface area contributed by atoms with Gasteiger partial charge >= 0.3 is 0 Å². The Labute approximate surface area is 94.7 Å². The summed E-state index contributed by atoms with van der Waals surface area (Å²) in [6, 6.07) is 10.1. The highest BCUT2D eigenvalue weighted by Gasteiger charge is 2.07. The molecule has 0 fully saturated rings. The third-order valence-electron chi connectivity index (χ3n) is 2.65. The minimum atomic E-state index is 0.561. The first-order valence-electron chi connectivity index (χ1n) is 4.87. The molecule has 1 aromatic heterocycles. The molecule has 0 aliphatic heterocycles. The average molecular weight is 218 g/mol. The lowest BCUT2D eigenvalue weighted by Crippen LogP contribution is -1.88. The highest BCUT2D eigenvalue weighted by molar-refractivity contribution is 6.32. The fraction of sp³-hybridized carbons (Fsp3) is 0.154. The molecule has 1 heterocycles. The quantitative estimate of drug-likeness (QED) is 0.658. The Morgan fingerprint density at radius 1 is 1.00 bits per heavy atom. The van der Waals surface area contributed by atoms with E-state index in [0.717, 1.165) is 11.1 Å². The van der Waals surface area contributed by atoms with E-state index in [1.165, 1.54) is 11.1 Å². The molecule has 0 saturated heterocycles. The van der Waals surface area contributed by atoms with Crippen LogP contribution in [0.2, 0.25) is 5.15 Å². The van der Waals surface area contributed by atoms with Gasteiger partial charge in [0.15, 0.2) is 0 Å². The van der Waals surface area contributed by atoms with E-state index in [1.54, 1.807) is 6.20 Å². The summed E-state index contributed by atoms with van der Waals surface area (Å²) in [5, 5.41) is 0.561. The van der Waals surface area contributed by atoms with Crippen LogP contribution in [0.1, 0.15) is 11.1 Å². The largest absolute Gasteiger partial charge is 0.244 e. The number of nitrogens with zero attached hydrogens (tertiary/aromatic N) is 1. The molecule has 0 spiro atoms. The van der Waals surface area contributed by atoms with Gasteiger partial charge < -0.3 is 0 Å². The summed E-state index contributed by atoms with van der Waals surface area (Å²) in [6.45, 7) is 4.21. The number of aromatic nitrogens is 1. The maximum atomic E-state index is 6.07. The van der Waals surface area contributed by atoms with Crippen molar-refractivity contribution in [2.24, 2.45) is 0 Å². The van der Waals surface area contributed by atoms with E-state index >= 15 is 0 Å². The summed E-state index contributed by atoms with van der Waals surface area (Å²) in [5.41, 5.74) is 4.69. The number of pyridine rings is 1. The SMILES string of the molecule is Cc1cccc(-c2cccnc2Cl)c1C. The lowest BCUT2D eigenvalue weighted by molar-refractivity contribution is 1.30. The maximum Gasteiger partial charge on any atom is 0.136 e. The average Bonchev–Trinajstić information content (AvgIpc) is 2.23. The standard InChI is InChI=1S/C13H12ClN/c1-9-5-3-6-11(10(9)2)12-7-4-8-15-13(12)14/h3-8H,1-2H3. The van der Waals surface area contributed by atoms with Crippen molar-refractivity contribution < 1.29 is 0 Å². The van der Waals surface area contributed by atoms with Gasteiger partial charge in [0.1, 0.15) is 5.15 Å². The molecule has 0 aliphatic rings. The second-order valence-corrected chi connectivity index (χ2v) is 3.95. The van der Waals surface area contributed by atoms with Crippen molar-refractivity contribution in [3.63, 3.8) is 0 Å². The molecule has 2 heteroatoms. The van der Waals surface area contributed by atoms with Crippen LogP contribution in [0, 0.1) is 13.8 Å². The van der Waals surface area contributed by atoms with Crippen LogP contribution in [0.5, 0.6) is 0 Å². The van der Waals surface area contributed by atoms with Gasteiger partial charge in [-0.25, -0.2) is 4.98 Å². The molecule has 76 valence electrons. The van der Waals surface area contributed by atoms with Crippen molar-refractivity contribution >= 4 is 11.6 Å². The molecular formula is C13H12ClN. The Balaban J connectivity index is 2.65. The van der Waals surface area contributed by atoms with Crippen molar-refractivity contribution in [2.75, 3.05) is 0 Å². The van der Waals surface area contributed by atoms with E-state index in [-0.39, 0.29) is 0 Å². The summed E-state index contributed by atoms with van der Waals surface area (Å²) in [7, 11) is 0. The molecule has 15 heavy (non-hydrogen) atoms. The van der Waals surface area contributed by atoms with Gasteiger partial charge in [-0.05, 0) is 42.7 Å². The van der Waals surface area contributed by atoms with Crippen molar-refractivity contribution in [1.82, 2.24) is 4.98 Å². The molecule has 1 nitrogen and oxygen atoms in total. The van der Waals surface area contributed by atoms with Crippen LogP contribution in [-0.2, 0) is 0 Å². The molecule has 0 bridgehead atoms. The maximum absolute atomic E-state index is 6.07. The first-order valence-corrected chi connectivity index (χ1v) is 5.25. The zero-order chi connectivity index (χ0) is 10.8. The van der Waals surface area contributed by atoms with Gasteiger partial charge in [-0.2, -0.15) is 0 Å². The summed E-state index contributed by atoms with van der Waals surface area (Å²) >= 11 is 6.07. The molecule has 0 atom stereocenters. The summed E-state index contributed by atoms with van der Waals surface area (Å²) in [5.74, 6) is 0. The number of halogens is 1. The van der Waals surface area contributed by atoms with Crippen LogP contribution in [0.15, 0.2) is 36.5 Å². The predicted molar refractivity (Wildman–Crippen MR) is 64.2 cm³/mol. The molecule has 0 amide bonds. The first-order chi connectivity index (χ1) is 7.20. The van der Waals surface area contributed by atoms with E-state index in [9.17, 15) is 0 Å². The third kappa shape index (κ3) is 1.88. The van der Waals surface area contributed by atoms with E-state index in [0.29, 0.717) is 5.15 Å². The lowest BCUT2D eigenvalue weighted by atomic mass is 9.98. The minimum Gasteiger partial charge on any atom is -0.244 e. The second-order valence-electron chi connectivity index (χ2n) is 3.59. The molecule has 2 rings (SSSR count). The van der Waals surface area contributed by atoms with Gasteiger partial charge in [0.05, 0.1) is 0 Å². The topological polar surface area (TPSA) is 12.9 Å². The molecule has 0 N–H and O–H groups in total. The highest BCUT2D eigenvalue weighted by Crippen LogP contribution is 2.29. The van der Waals surface area contributed by atoms with E-state index in [4.69, 9.17) is 11.6 Å². The number of aryl methyl sites for hydroxylation is 1. The normalized spacial score (nSPS) is 10.3. The first kappa shape index (κ1) is 10.2. The number of hydrogen-bond donors (Lipinski definition) is 0. The van der Waals surface area contributed by atoms with Gasteiger partial charge in [0, 0.05) is 11.8 Å². The molecule has 0 radical (unpaired) electrons. The van der Waals surface area contributed by atoms with Crippen LogP contribution >= 0.6 is 11.6 Å². The molecule has 2 aromatic rings. The molecular weight excluding hydrogens is 206 g/mol. The fourth-order valence-electron chi connectivity index (χ4n) is 1.63. The van der Waals surface area contributed by atoms with Crippen molar-refractivity contribution in [1.29, 1.82) is 0 Å². The van der Waals surface area contributed by atoms with Gasteiger partial charge in [-0.1, -0.05) is 29.8 Å². The van der Waals surface area contributed by atoms with Gasteiger partial charge in [-0.3, -0.25) is 0 Å². The number of rotatable bonds is 1. The Morgan fingerprint density at radius 2 is 1.73 bits per heavy atom. The van der Waals surface area contributed by atoms with E-state index in [1.807, 2.05) is 18.2 Å². The van der Waals surface area contributed by atoms with Gasteiger partial charge in [-0.15, -0.1) is 0 Å². The Hall–Kier alpha value is -1.34. The van der Waals surface area contributed by atoms with Crippen LogP contribution < -0.4 is 0 Å². The van der Waals surface area contributed by atoms with Crippen LogP contribution in [-0.4, -0.2) is 4.98 Å². The molecule has 0 unspecified atom stereocenters. The van der Waals surface area contributed by atoms with Crippen LogP contribution in [0.25, 0.3) is 11.1 Å². The fourth-order valence-corrected chi connectivity index (χ4v) is 1.85. The van der Waals surface area contributed by atoms with Crippen LogP contribution in [0.3, 0.4) is 0 Å². The zero-order valence-electron chi connectivity index (χ0n) is 8.79. The smallest absolute Gasteiger partial charge is 0.136 e. The minimum absolute atomic E-state index is 0.561. The second kappa shape index (κ2) is 4.03. The van der Waals surface area contributed by atoms with E-state index in [2.05, 4.69) is 31.0 Å². The Morgan fingerprint density at radius 3 is 2.47 bits per heavy atom. The molecule has 0 aliphatic carbocycles. The highest BCUT2D eigenvalue weighted by atomic mass is 35.5. The third-order valence-corrected chi connectivity index (χ3v) is 2.96. The summed E-state index contributed by atoms with van der Waals surface area (Å²) in [6.07, 6.45) is 1.71. The predicted octanol–water partition coefficient (Wildman–Crippen LogP) is 4.02. The van der Waals surface area contributed by atoms with Crippen molar-refractivity contribution in [2.45, 2.75) is 13.8 Å². The van der Waals surface area contributed by atoms with Gasteiger partial charge in [0.2, 0.25) is 0 Å². The number of benzene rings is 1. The van der Waals surface area contributed by atoms with Crippen molar-refractivity contribution in [3.8, 4) is 11.1 Å². The van der Waals surface area contributed by atoms with Crippen LogP contribution in [0.4, 0.5) is 0 Å². The molecule has 0 saturated carbocycles. The molecule has 1 aromatic carbocycles. The Bertz CT molecular complexity index is 492. The van der Waals surface area contributed by atoms with Gasteiger partial charge in [0.25, 0.3) is 0 Å².